The van der Waals surface area contributed by atoms with Crippen molar-refractivity contribution in [2.75, 3.05) is 37.8 Å². The van der Waals surface area contributed by atoms with E-state index in [1.54, 1.807) is 6.20 Å². The van der Waals surface area contributed by atoms with E-state index in [1.165, 1.54) is 16.9 Å². The first-order chi connectivity index (χ1) is 12.0. The predicted molar refractivity (Wildman–Crippen MR) is 98.0 cm³/mol. The largest absolute Gasteiger partial charge is 0.375 e. The van der Waals surface area contributed by atoms with Crippen molar-refractivity contribution in [3.63, 3.8) is 0 Å². The first kappa shape index (κ1) is 16.3. The van der Waals surface area contributed by atoms with Crippen LogP contribution in [0.2, 0.25) is 0 Å². The normalized spacial score (nSPS) is 22.2. The summed E-state index contributed by atoms with van der Waals surface area (Å²) in [6, 6.07) is 0. The van der Waals surface area contributed by atoms with Crippen molar-refractivity contribution in [2.24, 2.45) is 0 Å². The van der Waals surface area contributed by atoms with Crippen LogP contribution in [-0.4, -0.2) is 52.9 Å². The molecule has 2 aromatic rings. The number of carbonyl (C=O) groups is 1. The van der Waals surface area contributed by atoms with Gasteiger partial charge in [0.25, 0.3) is 5.91 Å². The molecule has 1 aliphatic carbocycles. The third-order valence-electron chi connectivity index (χ3n) is 5.23. The van der Waals surface area contributed by atoms with Crippen LogP contribution in [0.25, 0.3) is 0 Å². The molecule has 1 amide bonds. The van der Waals surface area contributed by atoms with E-state index < -0.39 is 0 Å². The number of hydrogen-bond donors (Lipinski definition) is 1. The van der Waals surface area contributed by atoms with Crippen molar-refractivity contribution in [1.29, 1.82) is 0 Å². The van der Waals surface area contributed by atoms with Crippen LogP contribution in [0.3, 0.4) is 0 Å². The number of thiazole rings is 1. The van der Waals surface area contributed by atoms with E-state index in [0.29, 0.717) is 16.6 Å². The van der Waals surface area contributed by atoms with Gasteiger partial charge >= 0.3 is 0 Å². The Labute approximate surface area is 150 Å². The smallest absolute Gasteiger partial charge is 0.265 e. The Hall–Kier alpha value is -2.22. The minimum Gasteiger partial charge on any atom is -0.375 e. The average Bonchev–Trinajstić information content (AvgIpc) is 3.19. The van der Waals surface area contributed by atoms with Crippen molar-refractivity contribution in [3.05, 3.63) is 28.5 Å². The number of anilines is 2. The topological polar surface area (TPSA) is 88.2 Å². The third kappa shape index (κ3) is 2.74. The van der Waals surface area contributed by atoms with E-state index in [9.17, 15) is 4.79 Å². The maximum absolute atomic E-state index is 12.8. The van der Waals surface area contributed by atoms with Gasteiger partial charge in [0.1, 0.15) is 4.88 Å². The Morgan fingerprint density at radius 1 is 1.32 bits per heavy atom. The molecule has 0 bridgehead atoms. The second kappa shape index (κ2) is 5.94. The van der Waals surface area contributed by atoms with Crippen LogP contribution in [0.4, 0.5) is 11.1 Å². The Morgan fingerprint density at radius 3 is 2.88 bits per heavy atom. The van der Waals surface area contributed by atoms with E-state index in [2.05, 4.69) is 9.97 Å². The van der Waals surface area contributed by atoms with Crippen molar-refractivity contribution in [2.45, 2.75) is 31.1 Å². The zero-order chi connectivity index (χ0) is 17.6. The molecule has 0 radical (unpaired) electrons. The minimum absolute atomic E-state index is 0.0311. The van der Waals surface area contributed by atoms with Crippen molar-refractivity contribution >= 4 is 28.3 Å². The third-order valence-corrected chi connectivity index (χ3v) is 6.04. The lowest BCUT2D eigenvalue weighted by Crippen LogP contribution is -2.47. The van der Waals surface area contributed by atoms with Gasteiger partial charge in [0, 0.05) is 38.8 Å². The summed E-state index contributed by atoms with van der Waals surface area (Å²) in [5.74, 6) is 0.766. The molecule has 2 aliphatic rings. The molecule has 1 unspecified atom stereocenters. The molecule has 0 aromatic carbocycles. The molecular weight excluding hydrogens is 336 g/mol. The maximum atomic E-state index is 12.8. The van der Waals surface area contributed by atoms with Crippen LogP contribution >= 0.6 is 11.3 Å². The van der Waals surface area contributed by atoms with Crippen LogP contribution < -0.4 is 10.6 Å². The Balaban J connectivity index is 1.64. The molecule has 1 fully saturated rings. The number of aromatic nitrogens is 3. The van der Waals surface area contributed by atoms with Crippen LogP contribution in [0.15, 0.2) is 12.4 Å². The second-order valence-corrected chi connectivity index (χ2v) is 8.17. The van der Waals surface area contributed by atoms with E-state index in [4.69, 9.17) is 10.7 Å². The molecule has 2 aromatic heterocycles. The summed E-state index contributed by atoms with van der Waals surface area (Å²) < 4.78 is 0. The molecule has 1 aliphatic heterocycles. The molecule has 4 rings (SSSR count). The number of nitrogen functional groups attached to an aromatic ring is 1. The summed E-state index contributed by atoms with van der Waals surface area (Å²) in [5.41, 5.74) is 7.99. The number of piperidine rings is 1. The fraction of sp³-hybridized carbons (Fsp3) is 0.529. The van der Waals surface area contributed by atoms with Crippen LogP contribution in [0.5, 0.6) is 0 Å². The zero-order valence-corrected chi connectivity index (χ0v) is 15.3. The van der Waals surface area contributed by atoms with Gasteiger partial charge in [-0.3, -0.25) is 4.79 Å². The Morgan fingerprint density at radius 2 is 2.16 bits per heavy atom. The first-order valence-corrected chi connectivity index (χ1v) is 9.34. The van der Waals surface area contributed by atoms with Gasteiger partial charge in [-0.1, -0.05) is 11.3 Å². The number of nitrogens with two attached hydrogens (primary N) is 1. The molecule has 1 spiro atoms. The molecule has 3 heterocycles. The Kier molecular flexibility index (Phi) is 3.87. The summed E-state index contributed by atoms with van der Waals surface area (Å²) in [6.45, 7) is 1.49. The lowest BCUT2D eigenvalue weighted by atomic mass is 9.77. The number of carbonyl (C=O) groups excluding carboxylic acids is 1. The molecule has 0 saturated carbocycles. The summed E-state index contributed by atoms with van der Waals surface area (Å²) in [5, 5.41) is 0.435. The van der Waals surface area contributed by atoms with Crippen LogP contribution in [0, 0.1) is 0 Å². The van der Waals surface area contributed by atoms with E-state index in [-0.39, 0.29) is 11.3 Å². The fourth-order valence-corrected chi connectivity index (χ4v) is 4.64. The highest BCUT2D eigenvalue weighted by Gasteiger charge is 2.45. The van der Waals surface area contributed by atoms with Gasteiger partial charge in [-0.15, -0.1) is 0 Å². The molecule has 25 heavy (non-hydrogen) atoms. The first-order valence-electron chi connectivity index (χ1n) is 8.53. The molecule has 2 N–H and O–H groups in total. The zero-order valence-electron chi connectivity index (χ0n) is 14.5. The van der Waals surface area contributed by atoms with Gasteiger partial charge in [0.15, 0.2) is 5.13 Å². The highest BCUT2D eigenvalue weighted by Crippen LogP contribution is 2.44. The summed E-state index contributed by atoms with van der Waals surface area (Å²) >= 11 is 1.26. The highest BCUT2D eigenvalue weighted by atomic mass is 32.1. The fourth-order valence-electron chi connectivity index (χ4n) is 3.99. The van der Waals surface area contributed by atoms with Gasteiger partial charge < -0.3 is 15.5 Å². The number of nitrogens with zero attached hydrogens (tertiary/aromatic N) is 5. The van der Waals surface area contributed by atoms with Crippen molar-refractivity contribution in [1.82, 2.24) is 19.9 Å². The molecule has 132 valence electrons. The highest BCUT2D eigenvalue weighted by molar-refractivity contribution is 7.17. The van der Waals surface area contributed by atoms with Crippen molar-refractivity contribution < 1.29 is 4.79 Å². The van der Waals surface area contributed by atoms with Gasteiger partial charge in [-0.25, -0.2) is 15.0 Å². The summed E-state index contributed by atoms with van der Waals surface area (Å²) in [6.07, 6.45) is 7.61. The standard InChI is InChI=1S/C17H22N6OS/c1-22(2)16-20-8-11-4-6-17(13(11)21-16)5-3-7-23(10-17)14(24)12-9-19-15(18)25-12/h8-9H,3-7,10H2,1-2H3,(H2,18,19). The van der Waals surface area contributed by atoms with E-state index in [0.717, 1.165) is 43.9 Å². The average molecular weight is 358 g/mol. The molecule has 1 saturated heterocycles. The number of amides is 1. The monoisotopic (exact) mass is 358 g/mol. The van der Waals surface area contributed by atoms with Gasteiger partial charge in [0.2, 0.25) is 5.95 Å². The lowest BCUT2D eigenvalue weighted by Gasteiger charge is -2.40. The number of aryl methyl sites for hydroxylation is 1. The molecule has 8 heteroatoms. The van der Waals surface area contributed by atoms with Crippen LogP contribution in [-0.2, 0) is 11.8 Å². The second-order valence-electron chi connectivity index (χ2n) is 7.11. The number of fused-ring (bicyclic) bond motifs is 2. The van der Waals surface area contributed by atoms with Crippen molar-refractivity contribution in [3.8, 4) is 0 Å². The molecular formula is C17H22N6OS. The van der Waals surface area contributed by atoms with Gasteiger partial charge in [0.05, 0.1) is 11.9 Å². The van der Waals surface area contributed by atoms with Gasteiger partial charge in [-0.2, -0.15) is 0 Å². The number of likely N-dealkylation sites (tertiary alicyclic amines) is 1. The number of hydrogen-bond acceptors (Lipinski definition) is 7. The van der Waals surface area contributed by atoms with Crippen LogP contribution in [0.1, 0.15) is 40.2 Å². The number of rotatable bonds is 2. The Bertz CT molecular complexity index is 815. The van der Waals surface area contributed by atoms with E-state index in [1.807, 2.05) is 30.1 Å². The quantitative estimate of drug-likeness (QED) is 0.879. The SMILES string of the molecule is CN(C)c1ncc2c(n1)C1(CCCN(C(=O)c3cnc(N)s3)C1)CC2. The van der Waals surface area contributed by atoms with E-state index >= 15 is 0 Å². The molecule has 1 atom stereocenters. The lowest BCUT2D eigenvalue weighted by molar-refractivity contribution is 0.0638. The predicted octanol–water partition coefficient (Wildman–Crippen LogP) is 1.70. The minimum atomic E-state index is -0.0484. The maximum Gasteiger partial charge on any atom is 0.265 e. The summed E-state index contributed by atoms with van der Waals surface area (Å²) in [7, 11) is 3.91. The summed E-state index contributed by atoms with van der Waals surface area (Å²) in [4.78, 5) is 30.6. The molecule has 7 nitrogen and oxygen atoms in total. The van der Waals surface area contributed by atoms with Gasteiger partial charge in [-0.05, 0) is 31.2 Å².